The molecule has 2 N–H and O–H groups in total. The fourth-order valence-corrected chi connectivity index (χ4v) is 1.28. The first-order chi connectivity index (χ1) is 7.54. The van der Waals surface area contributed by atoms with Crippen LogP contribution in [0.4, 0.5) is 10.5 Å². The Morgan fingerprint density at radius 1 is 1.50 bits per heavy atom. The van der Waals surface area contributed by atoms with Crippen LogP contribution in [0.3, 0.4) is 0 Å². The van der Waals surface area contributed by atoms with Crippen molar-refractivity contribution in [3.8, 4) is 0 Å². The first-order valence-corrected chi connectivity index (χ1v) is 5.28. The summed E-state index contributed by atoms with van der Waals surface area (Å²) in [6, 6.07) is 7.52. The quantitative estimate of drug-likeness (QED) is 0.852. The van der Waals surface area contributed by atoms with Gasteiger partial charge >= 0.3 is 6.09 Å². The van der Waals surface area contributed by atoms with Gasteiger partial charge in [-0.15, -0.1) is 0 Å². The van der Waals surface area contributed by atoms with Crippen molar-refractivity contribution in [3.63, 3.8) is 0 Å². The summed E-state index contributed by atoms with van der Waals surface area (Å²) < 4.78 is 5.10. The number of amides is 1. The number of hydrogen-bond acceptors (Lipinski definition) is 3. The number of carbonyl (C=O) groups is 1. The van der Waals surface area contributed by atoms with Crippen molar-refractivity contribution in [2.75, 3.05) is 11.9 Å². The normalized spacial score (nSPS) is 10.3. The molecule has 0 atom stereocenters. The fraction of sp³-hybridized carbons (Fsp3) is 0.417. The minimum absolute atomic E-state index is 0.118. The standard InChI is InChI=1S/C12H18N2O2/c1-9(2)16-12(15)14(3)11-6-4-5-10(7-11)8-13/h4-7,9H,8,13H2,1-3H3. The van der Waals surface area contributed by atoms with Crippen LogP contribution < -0.4 is 10.6 Å². The number of anilines is 1. The molecule has 0 heterocycles. The van der Waals surface area contributed by atoms with E-state index in [2.05, 4.69) is 0 Å². The highest BCUT2D eigenvalue weighted by Gasteiger charge is 2.13. The van der Waals surface area contributed by atoms with E-state index in [-0.39, 0.29) is 12.2 Å². The molecule has 0 bridgehead atoms. The lowest BCUT2D eigenvalue weighted by Crippen LogP contribution is -2.29. The average molecular weight is 222 g/mol. The van der Waals surface area contributed by atoms with Gasteiger partial charge in [0.25, 0.3) is 0 Å². The molecular formula is C12H18N2O2. The molecule has 0 aliphatic carbocycles. The van der Waals surface area contributed by atoms with E-state index in [1.165, 1.54) is 4.90 Å². The van der Waals surface area contributed by atoms with E-state index in [4.69, 9.17) is 10.5 Å². The van der Waals surface area contributed by atoms with Crippen LogP contribution in [0.2, 0.25) is 0 Å². The summed E-state index contributed by atoms with van der Waals surface area (Å²) in [5.74, 6) is 0. The third-order valence-corrected chi connectivity index (χ3v) is 2.14. The van der Waals surface area contributed by atoms with Crippen LogP contribution in [0.25, 0.3) is 0 Å². The maximum Gasteiger partial charge on any atom is 0.414 e. The summed E-state index contributed by atoms with van der Waals surface area (Å²) in [5, 5.41) is 0. The largest absolute Gasteiger partial charge is 0.446 e. The molecule has 0 saturated heterocycles. The monoisotopic (exact) mass is 222 g/mol. The Kier molecular flexibility index (Phi) is 4.31. The number of ether oxygens (including phenoxy) is 1. The molecule has 1 amide bonds. The van der Waals surface area contributed by atoms with Gasteiger partial charge in [0.15, 0.2) is 0 Å². The first kappa shape index (κ1) is 12.5. The molecule has 16 heavy (non-hydrogen) atoms. The third kappa shape index (κ3) is 3.24. The van der Waals surface area contributed by atoms with E-state index in [0.717, 1.165) is 11.3 Å². The van der Waals surface area contributed by atoms with Gasteiger partial charge in [0.2, 0.25) is 0 Å². The van der Waals surface area contributed by atoms with Crippen LogP contribution in [0.1, 0.15) is 19.4 Å². The van der Waals surface area contributed by atoms with E-state index in [1.54, 1.807) is 7.05 Å². The molecule has 1 aromatic rings. The summed E-state index contributed by atoms with van der Waals surface area (Å²) >= 11 is 0. The van der Waals surface area contributed by atoms with Crippen molar-refractivity contribution >= 4 is 11.8 Å². The zero-order chi connectivity index (χ0) is 12.1. The van der Waals surface area contributed by atoms with E-state index >= 15 is 0 Å². The lowest BCUT2D eigenvalue weighted by Gasteiger charge is -2.19. The molecule has 0 radical (unpaired) electrons. The van der Waals surface area contributed by atoms with Crippen molar-refractivity contribution in [1.82, 2.24) is 0 Å². The Balaban J connectivity index is 2.79. The Morgan fingerprint density at radius 2 is 2.19 bits per heavy atom. The summed E-state index contributed by atoms with van der Waals surface area (Å²) in [5.41, 5.74) is 7.31. The highest BCUT2D eigenvalue weighted by molar-refractivity contribution is 5.87. The Labute approximate surface area is 96.0 Å². The second kappa shape index (κ2) is 5.51. The second-order valence-corrected chi connectivity index (χ2v) is 3.87. The van der Waals surface area contributed by atoms with Gasteiger partial charge in [0.1, 0.15) is 0 Å². The highest BCUT2D eigenvalue weighted by atomic mass is 16.6. The minimum Gasteiger partial charge on any atom is -0.446 e. The van der Waals surface area contributed by atoms with E-state index in [0.29, 0.717) is 6.54 Å². The van der Waals surface area contributed by atoms with Crippen LogP contribution in [-0.2, 0) is 11.3 Å². The van der Waals surface area contributed by atoms with Crippen LogP contribution in [0.15, 0.2) is 24.3 Å². The minimum atomic E-state index is -0.357. The van der Waals surface area contributed by atoms with E-state index in [1.807, 2.05) is 38.1 Å². The van der Waals surface area contributed by atoms with Crippen LogP contribution in [0.5, 0.6) is 0 Å². The lowest BCUT2D eigenvalue weighted by atomic mass is 10.2. The van der Waals surface area contributed by atoms with E-state index < -0.39 is 0 Å². The van der Waals surface area contributed by atoms with Crippen molar-refractivity contribution in [3.05, 3.63) is 29.8 Å². The van der Waals surface area contributed by atoms with Crippen molar-refractivity contribution in [2.24, 2.45) is 5.73 Å². The van der Waals surface area contributed by atoms with Crippen molar-refractivity contribution in [1.29, 1.82) is 0 Å². The smallest absolute Gasteiger partial charge is 0.414 e. The summed E-state index contributed by atoms with van der Waals surface area (Å²) in [4.78, 5) is 13.1. The van der Waals surface area contributed by atoms with Crippen molar-refractivity contribution < 1.29 is 9.53 Å². The van der Waals surface area contributed by atoms with Gasteiger partial charge < -0.3 is 10.5 Å². The van der Waals surface area contributed by atoms with Gasteiger partial charge in [-0.2, -0.15) is 0 Å². The van der Waals surface area contributed by atoms with Gasteiger partial charge in [-0.3, -0.25) is 4.90 Å². The maximum absolute atomic E-state index is 11.6. The molecule has 4 nitrogen and oxygen atoms in total. The average Bonchev–Trinajstić information content (AvgIpc) is 2.27. The molecular weight excluding hydrogens is 204 g/mol. The predicted molar refractivity (Wildman–Crippen MR) is 64.4 cm³/mol. The summed E-state index contributed by atoms with van der Waals surface area (Å²) in [6.07, 6.45) is -0.475. The SMILES string of the molecule is CC(C)OC(=O)N(C)c1cccc(CN)c1. The van der Waals surface area contributed by atoms with Gasteiger partial charge in [-0.25, -0.2) is 4.79 Å². The number of benzene rings is 1. The summed E-state index contributed by atoms with van der Waals surface area (Å²) in [6.45, 7) is 4.10. The number of hydrogen-bond donors (Lipinski definition) is 1. The van der Waals surface area contributed by atoms with Crippen LogP contribution in [-0.4, -0.2) is 19.2 Å². The molecule has 0 spiro atoms. The molecule has 4 heteroatoms. The van der Waals surface area contributed by atoms with Gasteiger partial charge in [0, 0.05) is 19.3 Å². The maximum atomic E-state index is 11.6. The summed E-state index contributed by atoms with van der Waals surface area (Å²) in [7, 11) is 1.68. The Bertz CT molecular complexity index is 364. The van der Waals surface area contributed by atoms with E-state index in [9.17, 15) is 4.79 Å². The molecule has 1 aromatic carbocycles. The van der Waals surface area contributed by atoms with Gasteiger partial charge in [-0.1, -0.05) is 12.1 Å². The zero-order valence-electron chi connectivity index (χ0n) is 9.93. The van der Waals surface area contributed by atoms with Crippen LogP contribution >= 0.6 is 0 Å². The molecule has 0 aliphatic rings. The third-order valence-electron chi connectivity index (χ3n) is 2.14. The topological polar surface area (TPSA) is 55.6 Å². The predicted octanol–water partition coefficient (Wildman–Crippen LogP) is 2.13. The Hall–Kier alpha value is -1.55. The molecule has 1 rings (SSSR count). The van der Waals surface area contributed by atoms with Crippen molar-refractivity contribution in [2.45, 2.75) is 26.5 Å². The fourth-order valence-electron chi connectivity index (χ4n) is 1.28. The molecule has 0 unspecified atom stereocenters. The number of nitrogens with zero attached hydrogens (tertiary/aromatic N) is 1. The van der Waals surface area contributed by atoms with Gasteiger partial charge in [-0.05, 0) is 31.5 Å². The molecule has 0 saturated carbocycles. The molecule has 88 valence electrons. The zero-order valence-corrected chi connectivity index (χ0v) is 9.93. The first-order valence-electron chi connectivity index (χ1n) is 5.28. The Morgan fingerprint density at radius 3 is 2.75 bits per heavy atom. The number of nitrogens with two attached hydrogens (primary N) is 1. The molecule has 0 aliphatic heterocycles. The second-order valence-electron chi connectivity index (χ2n) is 3.87. The number of rotatable bonds is 3. The van der Waals surface area contributed by atoms with Gasteiger partial charge in [0.05, 0.1) is 6.10 Å². The number of carbonyl (C=O) groups excluding carboxylic acids is 1. The molecule has 0 aromatic heterocycles. The lowest BCUT2D eigenvalue weighted by molar-refractivity contribution is 0.124. The molecule has 0 fully saturated rings. The van der Waals surface area contributed by atoms with Crippen LogP contribution in [0, 0.1) is 0 Å². The highest BCUT2D eigenvalue weighted by Crippen LogP contribution is 2.15.